The van der Waals surface area contributed by atoms with Gasteiger partial charge in [-0.1, -0.05) is 29.8 Å². The number of anilines is 2. The lowest BCUT2D eigenvalue weighted by molar-refractivity contribution is -0.134. The molecule has 154 valence electrons. The second-order valence-electron chi connectivity index (χ2n) is 7.02. The van der Waals surface area contributed by atoms with Crippen LogP contribution >= 0.6 is 27.5 Å². The van der Waals surface area contributed by atoms with Crippen LogP contribution in [0.4, 0.5) is 11.4 Å². The third kappa shape index (κ3) is 6.19. The Kier molecular flexibility index (Phi) is 7.52. The molecule has 3 rings (SSSR count). The first kappa shape index (κ1) is 21.6. The van der Waals surface area contributed by atoms with Crippen LogP contribution in [0.5, 0.6) is 0 Å². The highest BCUT2D eigenvalue weighted by atomic mass is 79.9. The van der Waals surface area contributed by atoms with Gasteiger partial charge in [0.1, 0.15) is 0 Å². The molecule has 2 aromatic rings. The van der Waals surface area contributed by atoms with Crippen LogP contribution in [-0.2, 0) is 9.59 Å². The number of piperazine rings is 1. The molecule has 29 heavy (non-hydrogen) atoms. The Morgan fingerprint density at radius 2 is 1.83 bits per heavy atom. The lowest BCUT2D eigenvalue weighted by Gasteiger charge is -2.36. The van der Waals surface area contributed by atoms with E-state index in [9.17, 15) is 9.59 Å². The van der Waals surface area contributed by atoms with Crippen molar-refractivity contribution in [2.45, 2.75) is 0 Å². The van der Waals surface area contributed by atoms with Gasteiger partial charge in [-0.15, -0.1) is 0 Å². The van der Waals surface area contributed by atoms with E-state index in [2.05, 4.69) is 31.0 Å². The van der Waals surface area contributed by atoms with Gasteiger partial charge in [0, 0.05) is 48.4 Å². The van der Waals surface area contributed by atoms with E-state index >= 15 is 0 Å². The quantitative estimate of drug-likeness (QED) is 0.691. The molecular formula is C21H24BrClN4O2. The standard InChI is InChI=1S/C21H24BrClN4O2/c1-25(14-20(28)24-19-8-3-2-7-18(19)22)21(29)15-26-9-11-27(12-10-26)17-6-4-5-16(23)13-17/h2-8,13H,9-12,14-15H2,1H3,(H,24,28). The summed E-state index contributed by atoms with van der Waals surface area (Å²) in [5, 5.41) is 3.54. The minimum absolute atomic E-state index is 0.0165. The smallest absolute Gasteiger partial charge is 0.244 e. The lowest BCUT2D eigenvalue weighted by atomic mass is 10.2. The molecule has 2 amide bonds. The summed E-state index contributed by atoms with van der Waals surface area (Å²) in [4.78, 5) is 30.6. The monoisotopic (exact) mass is 478 g/mol. The zero-order valence-corrected chi connectivity index (χ0v) is 18.6. The Morgan fingerprint density at radius 3 is 2.52 bits per heavy atom. The highest BCUT2D eigenvalue weighted by Gasteiger charge is 2.22. The minimum Gasteiger partial charge on any atom is -0.369 e. The Balaban J connectivity index is 1.44. The zero-order chi connectivity index (χ0) is 20.8. The van der Waals surface area contributed by atoms with Crippen LogP contribution in [0.15, 0.2) is 53.0 Å². The molecule has 1 saturated heterocycles. The number of para-hydroxylation sites is 1. The van der Waals surface area contributed by atoms with E-state index < -0.39 is 0 Å². The van der Waals surface area contributed by atoms with E-state index in [4.69, 9.17) is 11.6 Å². The predicted molar refractivity (Wildman–Crippen MR) is 121 cm³/mol. The molecule has 1 aliphatic rings. The molecule has 1 heterocycles. The van der Waals surface area contributed by atoms with Crippen molar-refractivity contribution in [3.63, 3.8) is 0 Å². The number of amides is 2. The fourth-order valence-electron chi connectivity index (χ4n) is 3.20. The fourth-order valence-corrected chi connectivity index (χ4v) is 3.77. The van der Waals surface area contributed by atoms with Gasteiger partial charge >= 0.3 is 0 Å². The van der Waals surface area contributed by atoms with Crippen molar-refractivity contribution < 1.29 is 9.59 Å². The average molecular weight is 480 g/mol. The number of benzene rings is 2. The molecule has 2 aromatic carbocycles. The Labute approximate surface area is 184 Å². The molecule has 8 heteroatoms. The summed E-state index contributed by atoms with van der Waals surface area (Å²) in [6.45, 7) is 3.56. The Morgan fingerprint density at radius 1 is 1.10 bits per heavy atom. The first-order chi connectivity index (χ1) is 13.9. The van der Waals surface area contributed by atoms with E-state index in [-0.39, 0.29) is 18.4 Å². The van der Waals surface area contributed by atoms with Gasteiger partial charge in [-0.3, -0.25) is 14.5 Å². The highest BCUT2D eigenvalue weighted by Crippen LogP contribution is 2.22. The summed E-state index contributed by atoms with van der Waals surface area (Å²) >= 11 is 9.47. The molecule has 1 aliphatic heterocycles. The second kappa shape index (κ2) is 10.1. The number of carbonyl (C=O) groups is 2. The largest absolute Gasteiger partial charge is 0.369 e. The maximum Gasteiger partial charge on any atom is 0.244 e. The summed E-state index contributed by atoms with van der Waals surface area (Å²) in [6, 6.07) is 15.2. The number of rotatable bonds is 6. The van der Waals surface area contributed by atoms with Gasteiger partial charge in [0.15, 0.2) is 0 Å². The highest BCUT2D eigenvalue weighted by molar-refractivity contribution is 9.10. The molecule has 6 nitrogen and oxygen atoms in total. The third-order valence-corrected chi connectivity index (χ3v) is 5.79. The molecule has 0 bridgehead atoms. The van der Waals surface area contributed by atoms with Crippen LogP contribution in [0.3, 0.4) is 0 Å². The molecule has 0 aliphatic carbocycles. The van der Waals surface area contributed by atoms with Gasteiger partial charge in [-0.25, -0.2) is 0 Å². The molecule has 0 atom stereocenters. The van der Waals surface area contributed by atoms with Crippen molar-refractivity contribution in [2.24, 2.45) is 0 Å². The number of carbonyl (C=O) groups excluding carboxylic acids is 2. The molecule has 0 aromatic heterocycles. The lowest BCUT2D eigenvalue weighted by Crippen LogP contribution is -2.50. The fraction of sp³-hybridized carbons (Fsp3) is 0.333. The van der Waals surface area contributed by atoms with Gasteiger partial charge in [-0.05, 0) is 46.3 Å². The molecule has 1 fully saturated rings. The molecule has 0 radical (unpaired) electrons. The summed E-state index contributed by atoms with van der Waals surface area (Å²) in [5.41, 5.74) is 1.79. The van der Waals surface area contributed by atoms with Crippen molar-refractivity contribution in [1.29, 1.82) is 0 Å². The number of likely N-dealkylation sites (N-methyl/N-ethyl adjacent to an activating group) is 1. The molecule has 0 saturated carbocycles. The first-order valence-electron chi connectivity index (χ1n) is 9.43. The Hall–Kier alpha value is -2.09. The van der Waals surface area contributed by atoms with Crippen molar-refractivity contribution in [2.75, 3.05) is 56.5 Å². The van der Waals surface area contributed by atoms with Crippen LogP contribution in [0.1, 0.15) is 0 Å². The molecule has 1 N–H and O–H groups in total. The third-order valence-electron chi connectivity index (χ3n) is 4.86. The second-order valence-corrected chi connectivity index (χ2v) is 8.31. The van der Waals surface area contributed by atoms with Crippen molar-refractivity contribution in [3.05, 3.63) is 58.0 Å². The SMILES string of the molecule is CN(CC(=O)Nc1ccccc1Br)C(=O)CN1CCN(c2cccc(Cl)c2)CC1. The van der Waals surface area contributed by atoms with Crippen LogP contribution in [0.25, 0.3) is 0 Å². The number of hydrogen-bond donors (Lipinski definition) is 1. The van der Waals surface area contributed by atoms with Crippen molar-refractivity contribution in [3.8, 4) is 0 Å². The van der Waals surface area contributed by atoms with Crippen LogP contribution in [0.2, 0.25) is 5.02 Å². The van der Waals surface area contributed by atoms with Gasteiger partial charge < -0.3 is 15.1 Å². The van der Waals surface area contributed by atoms with Crippen molar-refractivity contribution in [1.82, 2.24) is 9.80 Å². The zero-order valence-electron chi connectivity index (χ0n) is 16.3. The minimum atomic E-state index is -0.224. The number of hydrogen-bond acceptors (Lipinski definition) is 4. The Bertz CT molecular complexity index is 871. The number of halogens is 2. The summed E-state index contributed by atoms with van der Waals surface area (Å²) < 4.78 is 0.805. The maximum atomic E-state index is 12.5. The first-order valence-corrected chi connectivity index (χ1v) is 10.6. The van der Waals surface area contributed by atoms with Gasteiger partial charge in [0.05, 0.1) is 18.8 Å². The molecule has 0 unspecified atom stereocenters. The normalized spacial score (nSPS) is 14.5. The van der Waals surface area contributed by atoms with Crippen LogP contribution in [-0.4, -0.2) is 67.9 Å². The van der Waals surface area contributed by atoms with E-state index in [0.717, 1.165) is 41.4 Å². The van der Waals surface area contributed by atoms with Crippen LogP contribution < -0.4 is 10.2 Å². The van der Waals surface area contributed by atoms with E-state index in [1.807, 2.05) is 48.5 Å². The van der Waals surface area contributed by atoms with E-state index in [1.54, 1.807) is 7.05 Å². The van der Waals surface area contributed by atoms with E-state index in [1.165, 1.54) is 4.90 Å². The predicted octanol–water partition coefficient (Wildman–Crippen LogP) is 3.32. The average Bonchev–Trinajstić information content (AvgIpc) is 2.70. The summed E-state index contributed by atoms with van der Waals surface area (Å²) in [5.74, 6) is -0.290. The van der Waals surface area contributed by atoms with Crippen LogP contribution in [0, 0.1) is 0 Å². The summed E-state index contributed by atoms with van der Waals surface area (Å²) in [6.07, 6.45) is 0. The maximum absolute atomic E-state index is 12.5. The number of nitrogens with one attached hydrogen (secondary N) is 1. The topological polar surface area (TPSA) is 55.9 Å². The molecular weight excluding hydrogens is 456 g/mol. The van der Waals surface area contributed by atoms with Crippen molar-refractivity contribution >= 4 is 50.7 Å². The van der Waals surface area contributed by atoms with Gasteiger partial charge in [0.2, 0.25) is 11.8 Å². The number of nitrogens with zero attached hydrogens (tertiary/aromatic N) is 3. The van der Waals surface area contributed by atoms with E-state index in [0.29, 0.717) is 12.2 Å². The molecule has 0 spiro atoms. The summed E-state index contributed by atoms with van der Waals surface area (Å²) in [7, 11) is 1.66. The van der Waals surface area contributed by atoms with Gasteiger partial charge in [-0.2, -0.15) is 0 Å². The van der Waals surface area contributed by atoms with Gasteiger partial charge in [0.25, 0.3) is 0 Å².